The second-order valence-electron chi connectivity index (χ2n) is 10.2. The minimum atomic E-state index is -0.822. The lowest BCUT2D eigenvalue weighted by molar-refractivity contribution is 0.0823. The molecule has 2 N–H and O–H groups in total. The van der Waals surface area contributed by atoms with Gasteiger partial charge in [0.25, 0.3) is 11.8 Å². The molecule has 1 aromatic heterocycles. The number of fused-ring (bicyclic) bond motifs is 1. The Morgan fingerprint density at radius 1 is 0.846 bits per heavy atom. The third-order valence-electron chi connectivity index (χ3n) is 7.52. The molecule has 1 heterocycles. The van der Waals surface area contributed by atoms with Crippen LogP contribution in [0.4, 0.5) is 20.2 Å². The Hall–Kier alpha value is -4.47. The summed E-state index contributed by atoms with van der Waals surface area (Å²) in [6.45, 7) is 0. The first kappa shape index (κ1) is 26.1. The average molecular weight is 534 g/mol. The first-order valence-electron chi connectivity index (χ1n) is 12.6. The lowest BCUT2D eigenvalue weighted by atomic mass is 9.71. The molecule has 3 aromatic carbocycles. The topological polar surface area (TPSA) is 88.4 Å². The second kappa shape index (κ2) is 9.68. The number of amides is 2. The normalized spacial score (nSPS) is 14.1. The Bertz CT molecular complexity index is 1640. The van der Waals surface area contributed by atoms with Gasteiger partial charge in [0, 0.05) is 45.0 Å². The number of hydrogen-bond donors (Lipinski definition) is 2. The maximum absolute atomic E-state index is 14.3. The maximum Gasteiger partial charge on any atom is 0.328 e. The number of anilines is 2. The van der Waals surface area contributed by atoms with Crippen molar-refractivity contribution >= 4 is 34.2 Å². The summed E-state index contributed by atoms with van der Waals surface area (Å²) in [5.41, 5.74) is 2.17. The zero-order valence-electron chi connectivity index (χ0n) is 22.1. The summed E-state index contributed by atoms with van der Waals surface area (Å²) in [6.07, 6.45) is 2.46. The fraction of sp³-hybridized carbons (Fsp3) is 0.276. The van der Waals surface area contributed by atoms with E-state index in [1.807, 2.05) is 12.1 Å². The van der Waals surface area contributed by atoms with Crippen LogP contribution in [0, 0.1) is 11.6 Å². The van der Waals surface area contributed by atoms with Gasteiger partial charge in [0.05, 0.1) is 16.6 Å². The summed E-state index contributed by atoms with van der Waals surface area (Å²) in [7, 11) is 6.40. The van der Waals surface area contributed by atoms with Crippen LogP contribution in [-0.2, 0) is 19.6 Å². The highest BCUT2D eigenvalue weighted by Gasteiger charge is 2.40. The van der Waals surface area contributed by atoms with Crippen LogP contribution in [0.5, 0.6) is 0 Å². The molecule has 0 saturated heterocycles. The van der Waals surface area contributed by atoms with E-state index in [1.165, 1.54) is 28.1 Å². The summed E-state index contributed by atoms with van der Waals surface area (Å²) in [5, 5.41) is 5.84. The van der Waals surface area contributed by atoms with Crippen molar-refractivity contribution in [3.63, 3.8) is 0 Å². The van der Waals surface area contributed by atoms with Crippen molar-refractivity contribution in [2.24, 2.45) is 14.1 Å². The number of carbonyl (C=O) groups excluding carboxylic acids is 2. The van der Waals surface area contributed by atoms with Gasteiger partial charge in [0.1, 0.15) is 17.3 Å². The molecule has 1 aliphatic carbocycles. The van der Waals surface area contributed by atoms with Crippen LogP contribution in [0.3, 0.4) is 0 Å². The number of benzene rings is 3. The van der Waals surface area contributed by atoms with Crippen molar-refractivity contribution in [1.82, 2.24) is 14.5 Å². The highest BCUT2D eigenvalue weighted by Crippen LogP contribution is 2.42. The Morgan fingerprint density at radius 2 is 1.46 bits per heavy atom. The number of nitrogens with zero attached hydrogens (tertiary/aromatic N) is 3. The largest absolute Gasteiger partial charge is 0.373 e. The molecule has 1 fully saturated rings. The van der Waals surface area contributed by atoms with E-state index >= 15 is 0 Å². The van der Waals surface area contributed by atoms with Gasteiger partial charge in [-0.3, -0.25) is 18.7 Å². The predicted molar refractivity (Wildman–Crippen MR) is 146 cm³/mol. The summed E-state index contributed by atoms with van der Waals surface area (Å²) in [6, 6.07) is 14.3. The quantitative estimate of drug-likeness (QED) is 0.387. The molecule has 4 aromatic rings. The molecule has 0 aliphatic heterocycles. The zero-order valence-corrected chi connectivity index (χ0v) is 22.1. The molecule has 0 radical (unpaired) electrons. The molecule has 2 amide bonds. The first-order valence-corrected chi connectivity index (χ1v) is 12.6. The van der Waals surface area contributed by atoms with E-state index in [-0.39, 0.29) is 22.8 Å². The average Bonchev–Trinajstić information content (AvgIpc) is 3.09. The van der Waals surface area contributed by atoms with Gasteiger partial charge >= 0.3 is 5.69 Å². The smallest absolute Gasteiger partial charge is 0.328 e. The van der Waals surface area contributed by atoms with Crippen molar-refractivity contribution < 1.29 is 18.4 Å². The van der Waals surface area contributed by atoms with Crippen LogP contribution in [0.25, 0.3) is 11.0 Å². The summed E-state index contributed by atoms with van der Waals surface area (Å²) >= 11 is 0. The number of imidazole rings is 1. The third-order valence-corrected chi connectivity index (χ3v) is 7.52. The van der Waals surface area contributed by atoms with E-state index < -0.39 is 23.1 Å². The van der Waals surface area contributed by atoms with Gasteiger partial charge in [-0.1, -0.05) is 12.1 Å². The molecular formula is C29H29F2N5O3. The molecule has 0 bridgehead atoms. The van der Waals surface area contributed by atoms with Gasteiger partial charge in [-0.15, -0.1) is 0 Å². The second-order valence-corrected chi connectivity index (χ2v) is 10.2. The van der Waals surface area contributed by atoms with E-state index in [4.69, 9.17) is 0 Å². The van der Waals surface area contributed by atoms with Crippen molar-refractivity contribution in [1.29, 1.82) is 0 Å². The molecule has 0 atom stereocenters. The van der Waals surface area contributed by atoms with Gasteiger partial charge in [-0.25, -0.2) is 13.6 Å². The van der Waals surface area contributed by atoms with E-state index in [0.717, 1.165) is 42.5 Å². The minimum absolute atomic E-state index is 0.129. The van der Waals surface area contributed by atoms with Crippen LogP contribution >= 0.6 is 0 Å². The molecule has 0 unspecified atom stereocenters. The van der Waals surface area contributed by atoms with Crippen LogP contribution in [0.2, 0.25) is 0 Å². The molecule has 0 spiro atoms. The number of hydrogen-bond acceptors (Lipinski definition) is 4. The molecule has 10 heteroatoms. The van der Waals surface area contributed by atoms with Crippen molar-refractivity contribution in [3.8, 4) is 0 Å². The highest BCUT2D eigenvalue weighted by molar-refractivity contribution is 6.04. The van der Waals surface area contributed by atoms with E-state index in [9.17, 15) is 23.2 Å². The van der Waals surface area contributed by atoms with Crippen molar-refractivity contribution in [2.45, 2.75) is 24.8 Å². The molecule has 1 aliphatic rings. The number of carbonyl (C=O) groups is 2. The fourth-order valence-electron chi connectivity index (χ4n) is 5.15. The maximum atomic E-state index is 14.3. The number of halogens is 2. The summed E-state index contributed by atoms with van der Waals surface area (Å²) < 4.78 is 31.7. The van der Waals surface area contributed by atoms with Crippen LogP contribution < -0.4 is 21.2 Å². The van der Waals surface area contributed by atoms with E-state index in [1.54, 1.807) is 44.4 Å². The third kappa shape index (κ3) is 4.56. The molecule has 8 nitrogen and oxygen atoms in total. The standard InChI is InChI=1S/C29H29F2N5O3/c1-34(2)25-21(30)14-18(15-22(25)31)26(37)32-20-9-7-19(8-10-20)29(12-5-13-29)33-27(38)17-6-11-23-24(16-17)36(4)28(39)35(23)3/h6-11,14-16H,5,12-13H2,1-4H3,(H,32,37)(H,33,38). The minimum Gasteiger partial charge on any atom is -0.373 e. The highest BCUT2D eigenvalue weighted by atomic mass is 19.1. The number of nitrogens with one attached hydrogen (secondary N) is 2. The fourth-order valence-corrected chi connectivity index (χ4v) is 5.15. The first-order chi connectivity index (χ1) is 18.5. The van der Waals surface area contributed by atoms with Gasteiger partial charge in [0.15, 0.2) is 0 Å². The van der Waals surface area contributed by atoms with Crippen molar-refractivity contribution in [2.75, 3.05) is 24.3 Å². The molecule has 39 heavy (non-hydrogen) atoms. The number of aryl methyl sites for hydroxylation is 2. The monoisotopic (exact) mass is 533 g/mol. The number of rotatable bonds is 6. The van der Waals surface area contributed by atoms with E-state index in [2.05, 4.69) is 10.6 Å². The van der Waals surface area contributed by atoms with Crippen molar-refractivity contribution in [3.05, 3.63) is 93.4 Å². The Kier molecular flexibility index (Phi) is 6.49. The van der Waals surface area contributed by atoms with Crippen LogP contribution in [0.15, 0.2) is 59.4 Å². The van der Waals surface area contributed by atoms with Gasteiger partial charge in [-0.2, -0.15) is 0 Å². The molecule has 5 rings (SSSR count). The summed E-state index contributed by atoms with van der Waals surface area (Å²) in [4.78, 5) is 39.4. The predicted octanol–water partition coefficient (Wildman–Crippen LogP) is 4.28. The molecular weight excluding hydrogens is 504 g/mol. The SMILES string of the molecule is CN(C)c1c(F)cc(C(=O)Nc2ccc(C3(NC(=O)c4ccc5c(c4)n(C)c(=O)n5C)CCC3)cc2)cc1F. The van der Waals surface area contributed by atoms with Crippen LogP contribution in [-0.4, -0.2) is 35.0 Å². The zero-order chi connectivity index (χ0) is 28.1. The Balaban J connectivity index is 1.32. The Labute approximate surface area is 223 Å². The van der Waals surface area contributed by atoms with Gasteiger partial charge in [-0.05, 0) is 67.3 Å². The lowest BCUT2D eigenvalue weighted by Gasteiger charge is -2.43. The van der Waals surface area contributed by atoms with Crippen LogP contribution in [0.1, 0.15) is 45.5 Å². The van der Waals surface area contributed by atoms with E-state index in [0.29, 0.717) is 16.8 Å². The number of aromatic nitrogens is 2. The summed E-state index contributed by atoms with van der Waals surface area (Å²) in [5.74, 6) is -2.52. The molecule has 1 saturated carbocycles. The van der Waals surface area contributed by atoms with Gasteiger partial charge < -0.3 is 15.5 Å². The molecule has 202 valence electrons. The Morgan fingerprint density at radius 3 is 2.03 bits per heavy atom. The van der Waals surface area contributed by atoms with Gasteiger partial charge in [0.2, 0.25) is 0 Å². The lowest BCUT2D eigenvalue weighted by Crippen LogP contribution is -2.50.